The Kier molecular flexibility index (Phi) is 6.28. The molecule has 1 rings (SSSR count). The average Bonchev–Trinajstić information content (AvgIpc) is 2.36. The van der Waals surface area contributed by atoms with E-state index < -0.39 is 23.9 Å². The molecule has 7 heteroatoms. The first-order valence-electron chi connectivity index (χ1n) is 6.38. The van der Waals surface area contributed by atoms with Gasteiger partial charge in [-0.3, -0.25) is 0 Å². The van der Waals surface area contributed by atoms with Gasteiger partial charge in [-0.1, -0.05) is 35.3 Å². The van der Waals surface area contributed by atoms with Crippen molar-refractivity contribution in [3.63, 3.8) is 0 Å². The highest BCUT2D eigenvalue weighted by atomic mass is 35.5. The molecule has 0 aliphatic rings. The summed E-state index contributed by atoms with van der Waals surface area (Å²) in [5.41, 5.74) is -0.341. The lowest BCUT2D eigenvalue weighted by Crippen LogP contribution is -2.38. The van der Waals surface area contributed by atoms with Gasteiger partial charge < -0.3 is 20.3 Å². The molecule has 1 amide bonds. The number of hydrogen-bond donors (Lipinski definition) is 3. The van der Waals surface area contributed by atoms with E-state index in [0.29, 0.717) is 5.56 Å². The molecule has 0 heterocycles. The second-order valence-corrected chi connectivity index (χ2v) is 6.32. The molecule has 21 heavy (non-hydrogen) atoms. The van der Waals surface area contributed by atoms with Crippen LogP contribution in [0.15, 0.2) is 18.2 Å². The summed E-state index contributed by atoms with van der Waals surface area (Å²) < 4.78 is 5.03. The molecule has 0 saturated carbocycles. The molecule has 1 aromatic rings. The van der Waals surface area contributed by atoms with Crippen molar-refractivity contribution in [2.75, 3.05) is 6.54 Å². The molecule has 5 nitrogen and oxygen atoms in total. The van der Waals surface area contributed by atoms with E-state index in [-0.39, 0.29) is 16.6 Å². The first-order valence-corrected chi connectivity index (χ1v) is 7.14. The number of halogens is 2. The SMILES string of the molecule is CC(C)(C)OC(=O)NCC(O)C(O)c1cccc(Cl)c1Cl. The van der Waals surface area contributed by atoms with Gasteiger partial charge in [-0.25, -0.2) is 4.79 Å². The number of aliphatic hydroxyl groups is 2. The molecule has 0 aliphatic heterocycles. The standard InChI is InChI=1S/C14H19Cl2NO4/c1-14(2,3)21-13(20)17-7-10(18)12(19)8-5-4-6-9(15)11(8)16/h4-6,10,12,18-19H,7H2,1-3H3,(H,17,20). The number of rotatable bonds is 4. The third-order valence-electron chi connectivity index (χ3n) is 2.52. The lowest BCUT2D eigenvalue weighted by molar-refractivity contribution is 0.0130. The summed E-state index contributed by atoms with van der Waals surface area (Å²) >= 11 is 11.8. The summed E-state index contributed by atoms with van der Waals surface area (Å²) in [7, 11) is 0. The lowest BCUT2D eigenvalue weighted by Gasteiger charge is -2.22. The molecule has 0 saturated heterocycles. The van der Waals surface area contributed by atoms with Gasteiger partial charge in [-0.05, 0) is 26.8 Å². The summed E-state index contributed by atoms with van der Waals surface area (Å²) in [6.45, 7) is 5.00. The van der Waals surface area contributed by atoms with Crippen LogP contribution in [0.1, 0.15) is 32.4 Å². The molecule has 3 N–H and O–H groups in total. The Labute approximate surface area is 133 Å². The third-order valence-corrected chi connectivity index (χ3v) is 3.35. The zero-order chi connectivity index (χ0) is 16.2. The molecule has 0 spiro atoms. The van der Waals surface area contributed by atoms with E-state index in [0.717, 1.165) is 0 Å². The van der Waals surface area contributed by atoms with Gasteiger partial charge in [-0.15, -0.1) is 0 Å². The smallest absolute Gasteiger partial charge is 0.407 e. The molecule has 0 fully saturated rings. The lowest BCUT2D eigenvalue weighted by atomic mass is 10.0. The minimum atomic E-state index is -1.27. The number of carbonyl (C=O) groups excluding carboxylic acids is 1. The van der Waals surface area contributed by atoms with Crippen LogP contribution < -0.4 is 5.32 Å². The summed E-state index contributed by atoms with van der Waals surface area (Å²) in [5, 5.41) is 22.8. The van der Waals surface area contributed by atoms with Crippen molar-refractivity contribution in [2.24, 2.45) is 0 Å². The van der Waals surface area contributed by atoms with Crippen molar-refractivity contribution in [1.29, 1.82) is 0 Å². The third kappa shape index (κ3) is 5.71. The fourth-order valence-electron chi connectivity index (χ4n) is 1.57. The normalized spacial score (nSPS) is 14.4. The van der Waals surface area contributed by atoms with Gasteiger partial charge in [0.15, 0.2) is 0 Å². The van der Waals surface area contributed by atoms with Crippen molar-refractivity contribution in [3.05, 3.63) is 33.8 Å². The van der Waals surface area contributed by atoms with E-state index in [1.54, 1.807) is 39.0 Å². The van der Waals surface area contributed by atoms with Crippen LogP contribution >= 0.6 is 23.2 Å². The van der Waals surface area contributed by atoms with Gasteiger partial charge in [0.05, 0.1) is 10.0 Å². The number of ether oxygens (including phenoxy) is 1. The molecule has 0 bridgehead atoms. The predicted molar refractivity (Wildman–Crippen MR) is 81.7 cm³/mol. The Morgan fingerprint density at radius 1 is 1.33 bits per heavy atom. The van der Waals surface area contributed by atoms with Crippen LogP contribution in [0.3, 0.4) is 0 Å². The average molecular weight is 336 g/mol. The minimum Gasteiger partial charge on any atom is -0.444 e. The molecule has 0 aliphatic carbocycles. The number of alkyl carbamates (subject to hydrolysis) is 1. The molecule has 118 valence electrons. The minimum absolute atomic E-state index is 0.169. The van der Waals surface area contributed by atoms with Crippen molar-refractivity contribution in [1.82, 2.24) is 5.32 Å². The quantitative estimate of drug-likeness (QED) is 0.790. The maximum atomic E-state index is 11.5. The number of nitrogens with one attached hydrogen (secondary N) is 1. The molecule has 0 aromatic heterocycles. The maximum absolute atomic E-state index is 11.5. The van der Waals surface area contributed by atoms with Gasteiger partial charge in [0.2, 0.25) is 0 Å². The Bertz CT molecular complexity index is 502. The summed E-state index contributed by atoms with van der Waals surface area (Å²) in [6, 6.07) is 4.74. The highest BCUT2D eigenvalue weighted by Crippen LogP contribution is 2.31. The van der Waals surface area contributed by atoms with Crippen LogP contribution in [0.25, 0.3) is 0 Å². The van der Waals surface area contributed by atoms with Crippen LogP contribution in [0, 0.1) is 0 Å². The summed E-state index contributed by atoms with van der Waals surface area (Å²) in [6.07, 6.45) is -3.19. The van der Waals surface area contributed by atoms with Gasteiger partial charge >= 0.3 is 6.09 Å². The van der Waals surface area contributed by atoms with Gasteiger partial charge in [0, 0.05) is 12.1 Å². The molecular formula is C14H19Cl2NO4. The highest BCUT2D eigenvalue weighted by molar-refractivity contribution is 6.42. The Morgan fingerprint density at radius 2 is 1.95 bits per heavy atom. The summed E-state index contributed by atoms with van der Waals surface area (Å²) in [4.78, 5) is 11.5. The zero-order valence-electron chi connectivity index (χ0n) is 12.1. The molecule has 1 aromatic carbocycles. The summed E-state index contributed by atoms with van der Waals surface area (Å²) in [5.74, 6) is 0. The fourth-order valence-corrected chi connectivity index (χ4v) is 1.99. The first kappa shape index (κ1) is 18.0. The Balaban J connectivity index is 2.61. The topological polar surface area (TPSA) is 78.8 Å². The van der Waals surface area contributed by atoms with Gasteiger partial charge in [-0.2, -0.15) is 0 Å². The Hall–Kier alpha value is -1.01. The maximum Gasteiger partial charge on any atom is 0.407 e. The highest BCUT2D eigenvalue weighted by Gasteiger charge is 2.23. The van der Waals surface area contributed by atoms with E-state index >= 15 is 0 Å². The van der Waals surface area contributed by atoms with Crippen molar-refractivity contribution in [2.45, 2.75) is 38.6 Å². The fraction of sp³-hybridized carbons (Fsp3) is 0.500. The van der Waals surface area contributed by atoms with Crippen LogP contribution in [0.4, 0.5) is 4.79 Å². The van der Waals surface area contributed by atoms with Crippen molar-refractivity contribution in [3.8, 4) is 0 Å². The van der Waals surface area contributed by atoms with E-state index in [9.17, 15) is 15.0 Å². The number of amides is 1. The second kappa shape index (κ2) is 7.31. The van der Waals surface area contributed by atoms with E-state index in [1.807, 2.05) is 0 Å². The monoisotopic (exact) mass is 335 g/mol. The van der Waals surface area contributed by atoms with E-state index in [2.05, 4.69) is 5.32 Å². The largest absolute Gasteiger partial charge is 0.444 e. The predicted octanol–water partition coefficient (Wildman–Crippen LogP) is 2.91. The number of benzene rings is 1. The van der Waals surface area contributed by atoms with Gasteiger partial charge in [0.1, 0.15) is 17.8 Å². The van der Waals surface area contributed by atoms with Crippen molar-refractivity contribution < 1.29 is 19.7 Å². The first-order chi connectivity index (χ1) is 9.61. The van der Waals surface area contributed by atoms with Crippen LogP contribution in [-0.2, 0) is 4.74 Å². The molecular weight excluding hydrogens is 317 g/mol. The van der Waals surface area contributed by atoms with Crippen LogP contribution in [-0.4, -0.2) is 34.6 Å². The number of carbonyl (C=O) groups is 1. The molecule has 2 atom stereocenters. The van der Waals surface area contributed by atoms with E-state index in [1.165, 1.54) is 0 Å². The van der Waals surface area contributed by atoms with E-state index in [4.69, 9.17) is 27.9 Å². The van der Waals surface area contributed by atoms with Gasteiger partial charge in [0.25, 0.3) is 0 Å². The Morgan fingerprint density at radius 3 is 2.52 bits per heavy atom. The number of hydrogen-bond acceptors (Lipinski definition) is 4. The molecule has 2 unspecified atom stereocenters. The number of aliphatic hydroxyl groups excluding tert-OH is 2. The second-order valence-electron chi connectivity index (χ2n) is 5.54. The van der Waals surface area contributed by atoms with Crippen LogP contribution in [0.5, 0.6) is 0 Å². The van der Waals surface area contributed by atoms with Crippen molar-refractivity contribution >= 4 is 29.3 Å². The molecule has 0 radical (unpaired) electrons. The zero-order valence-corrected chi connectivity index (χ0v) is 13.6. The van der Waals surface area contributed by atoms with Crippen LogP contribution in [0.2, 0.25) is 10.0 Å².